The van der Waals surface area contributed by atoms with Crippen LogP contribution in [-0.2, 0) is 11.3 Å². The molecule has 0 aliphatic carbocycles. The van der Waals surface area contributed by atoms with E-state index in [0.29, 0.717) is 25.4 Å². The third-order valence-corrected chi connectivity index (χ3v) is 2.57. The second-order valence-corrected chi connectivity index (χ2v) is 3.95. The lowest BCUT2D eigenvalue weighted by molar-refractivity contribution is 0.199. The number of hydrogen-bond donors (Lipinski definition) is 1. The summed E-state index contributed by atoms with van der Waals surface area (Å²) in [5, 5.41) is 6.87. The molecule has 1 aromatic heterocycles. The molecule has 2 rings (SSSR count). The zero-order valence-corrected chi connectivity index (χ0v) is 10.5. The number of methoxy groups -OCH3 is 1. The monoisotopic (exact) mass is 268 g/mol. The van der Waals surface area contributed by atoms with Crippen LogP contribution >= 0.6 is 0 Å². The van der Waals surface area contributed by atoms with E-state index < -0.39 is 11.6 Å². The van der Waals surface area contributed by atoms with Crippen LogP contribution in [-0.4, -0.2) is 25.4 Å². The van der Waals surface area contributed by atoms with E-state index in [9.17, 15) is 8.78 Å². The SMILES string of the molecule is COCCNCc1cc(-c2cccc(F)c2F)on1. The first-order chi connectivity index (χ1) is 9.22. The summed E-state index contributed by atoms with van der Waals surface area (Å²) in [4.78, 5) is 0. The molecule has 102 valence electrons. The number of rotatable bonds is 6. The van der Waals surface area contributed by atoms with E-state index in [1.165, 1.54) is 12.1 Å². The van der Waals surface area contributed by atoms with Crippen LogP contribution in [0.2, 0.25) is 0 Å². The average Bonchev–Trinajstić information content (AvgIpc) is 2.87. The van der Waals surface area contributed by atoms with Gasteiger partial charge in [-0.05, 0) is 12.1 Å². The maximum Gasteiger partial charge on any atom is 0.170 e. The molecule has 1 aromatic carbocycles. The Morgan fingerprint density at radius 2 is 2.21 bits per heavy atom. The van der Waals surface area contributed by atoms with Gasteiger partial charge in [0.15, 0.2) is 17.4 Å². The second-order valence-electron chi connectivity index (χ2n) is 3.95. The van der Waals surface area contributed by atoms with E-state index in [0.717, 1.165) is 6.07 Å². The molecule has 6 heteroatoms. The van der Waals surface area contributed by atoms with Crippen molar-refractivity contribution in [2.24, 2.45) is 0 Å². The molecule has 2 aromatic rings. The lowest BCUT2D eigenvalue weighted by atomic mass is 10.1. The number of benzene rings is 1. The normalized spacial score (nSPS) is 10.9. The molecular weight excluding hydrogens is 254 g/mol. The Hall–Kier alpha value is -1.79. The van der Waals surface area contributed by atoms with Crippen LogP contribution in [0.15, 0.2) is 28.8 Å². The van der Waals surface area contributed by atoms with Gasteiger partial charge < -0.3 is 14.6 Å². The Bertz CT molecular complexity index is 543. The maximum atomic E-state index is 13.6. The predicted octanol–water partition coefficient (Wildman–Crippen LogP) is 2.36. The standard InChI is InChI=1S/C13H14F2N2O2/c1-18-6-5-16-8-9-7-12(19-17-9)10-3-2-4-11(14)13(10)15/h2-4,7,16H,5-6,8H2,1H3. The van der Waals surface area contributed by atoms with Crippen LogP contribution in [0.4, 0.5) is 8.78 Å². The van der Waals surface area contributed by atoms with Crippen LogP contribution in [0.3, 0.4) is 0 Å². The quantitative estimate of drug-likeness (QED) is 0.817. The average molecular weight is 268 g/mol. The molecule has 0 saturated carbocycles. The van der Waals surface area contributed by atoms with Crippen LogP contribution in [0, 0.1) is 11.6 Å². The van der Waals surface area contributed by atoms with Crippen LogP contribution in [0.25, 0.3) is 11.3 Å². The van der Waals surface area contributed by atoms with Crippen molar-refractivity contribution < 1.29 is 18.0 Å². The van der Waals surface area contributed by atoms with Gasteiger partial charge in [-0.1, -0.05) is 11.2 Å². The molecule has 19 heavy (non-hydrogen) atoms. The van der Waals surface area contributed by atoms with Crippen molar-refractivity contribution in [1.82, 2.24) is 10.5 Å². The highest BCUT2D eigenvalue weighted by molar-refractivity contribution is 5.58. The van der Waals surface area contributed by atoms with E-state index in [1.54, 1.807) is 13.2 Å². The molecule has 0 atom stereocenters. The molecule has 0 saturated heterocycles. The topological polar surface area (TPSA) is 47.3 Å². The number of halogens is 2. The van der Waals surface area contributed by atoms with Crippen LogP contribution in [0.5, 0.6) is 0 Å². The highest BCUT2D eigenvalue weighted by atomic mass is 19.2. The van der Waals surface area contributed by atoms with Gasteiger partial charge in [0.25, 0.3) is 0 Å². The minimum absolute atomic E-state index is 0.0654. The second kappa shape index (κ2) is 6.40. The zero-order chi connectivity index (χ0) is 13.7. The van der Waals surface area contributed by atoms with Crippen molar-refractivity contribution in [3.05, 3.63) is 41.6 Å². The van der Waals surface area contributed by atoms with Crippen molar-refractivity contribution >= 4 is 0 Å². The van der Waals surface area contributed by atoms with Gasteiger partial charge in [-0.25, -0.2) is 8.78 Å². The fraction of sp³-hybridized carbons (Fsp3) is 0.308. The van der Waals surface area contributed by atoms with Gasteiger partial charge in [0.2, 0.25) is 0 Å². The molecule has 0 amide bonds. The first kappa shape index (κ1) is 13.6. The number of nitrogens with one attached hydrogen (secondary N) is 1. The number of ether oxygens (including phenoxy) is 1. The zero-order valence-electron chi connectivity index (χ0n) is 10.5. The first-order valence-electron chi connectivity index (χ1n) is 5.82. The minimum atomic E-state index is -0.933. The number of aromatic nitrogens is 1. The van der Waals surface area contributed by atoms with E-state index >= 15 is 0 Å². The van der Waals surface area contributed by atoms with Crippen molar-refractivity contribution in [3.8, 4) is 11.3 Å². The fourth-order valence-corrected chi connectivity index (χ4v) is 1.61. The first-order valence-corrected chi connectivity index (χ1v) is 5.82. The van der Waals surface area contributed by atoms with Gasteiger partial charge in [0.05, 0.1) is 17.9 Å². The number of nitrogens with zero attached hydrogens (tertiary/aromatic N) is 1. The van der Waals surface area contributed by atoms with Crippen molar-refractivity contribution in [3.63, 3.8) is 0 Å². The largest absolute Gasteiger partial charge is 0.383 e. The molecule has 1 heterocycles. The molecule has 0 fully saturated rings. The van der Waals surface area contributed by atoms with Crippen molar-refractivity contribution in [2.45, 2.75) is 6.54 Å². The summed E-state index contributed by atoms with van der Waals surface area (Å²) in [7, 11) is 1.61. The summed E-state index contributed by atoms with van der Waals surface area (Å²) in [6.45, 7) is 1.74. The summed E-state index contributed by atoms with van der Waals surface area (Å²) in [5.74, 6) is -1.63. The Balaban J connectivity index is 2.06. The van der Waals surface area contributed by atoms with Gasteiger partial charge in [-0.15, -0.1) is 0 Å². The molecule has 0 radical (unpaired) electrons. The van der Waals surface area contributed by atoms with Gasteiger partial charge >= 0.3 is 0 Å². The summed E-state index contributed by atoms with van der Waals surface area (Å²) in [5.41, 5.74) is 0.686. The Morgan fingerprint density at radius 3 is 3.00 bits per heavy atom. The van der Waals surface area contributed by atoms with Gasteiger partial charge in [0.1, 0.15) is 0 Å². The smallest absolute Gasteiger partial charge is 0.170 e. The van der Waals surface area contributed by atoms with E-state index in [2.05, 4.69) is 10.5 Å². The summed E-state index contributed by atoms with van der Waals surface area (Å²) in [6.07, 6.45) is 0. The molecule has 0 unspecified atom stereocenters. The van der Waals surface area contributed by atoms with Gasteiger partial charge in [-0.3, -0.25) is 0 Å². The summed E-state index contributed by atoms with van der Waals surface area (Å²) < 4.78 is 36.6. The van der Waals surface area contributed by atoms with Crippen molar-refractivity contribution in [1.29, 1.82) is 0 Å². The molecule has 0 bridgehead atoms. The number of hydrogen-bond acceptors (Lipinski definition) is 4. The van der Waals surface area contributed by atoms with Gasteiger partial charge in [0, 0.05) is 26.3 Å². The van der Waals surface area contributed by atoms with Crippen LogP contribution < -0.4 is 5.32 Å². The highest BCUT2D eigenvalue weighted by Crippen LogP contribution is 2.24. The highest BCUT2D eigenvalue weighted by Gasteiger charge is 2.14. The minimum Gasteiger partial charge on any atom is -0.383 e. The molecule has 0 aliphatic heterocycles. The predicted molar refractivity (Wildman–Crippen MR) is 65.4 cm³/mol. The third kappa shape index (κ3) is 3.36. The molecular formula is C13H14F2N2O2. The summed E-state index contributed by atoms with van der Waals surface area (Å²) in [6, 6.07) is 5.51. The Kier molecular flexibility index (Phi) is 4.59. The van der Waals surface area contributed by atoms with Gasteiger partial charge in [-0.2, -0.15) is 0 Å². The molecule has 4 nitrogen and oxygen atoms in total. The van der Waals surface area contributed by atoms with Crippen LogP contribution in [0.1, 0.15) is 5.69 Å². The Labute approximate surface area is 109 Å². The fourth-order valence-electron chi connectivity index (χ4n) is 1.61. The summed E-state index contributed by atoms with van der Waals surface area (Å²) >= 11 is 0. The van der Waals surface area contributed by atoms with Crippen molar-refractivity contribution in [2.75, 3.05) is 20.3 Å². The van der Waals surface area contributed by atoms with E-state index in [4.69, 9.17) is 9.26 Å². The molecule has 1 N–H and O–H groups in total. The Morgan fingerprint density at radius 1 is 1.37 bits per heavy atom. The molecule has 0 aliphatic rings. The lowest BCUT2D eigenvalue weighted by Gasteiger charge is -1.99. The molecule has 0 spiro atoms. The lowest BCUT2D eigenvalue weighted by Crippen LogP contribution is -2.18. The van der Waals surface area contributed by atoms with E-state index in [1.807, 2.05) is 0 Å². The maximum absolute atomic E-state index is 13.6. The van der Waals surface area contributed by atoms with E-state index in [-0.39, 0.29) is 11.3 Å². The third-order valence-electron chi connectivity index (χ3n) is 2.57.